The number of nitrogens with one attached hydrogen (secondary N) is 1. The number of anilines is 1. The molecule has 10 heteroatoms. The molecule has 1 aromatic carbocycles. The Kier molecular flexibility index (Phi) is 5.48. The van der Waals surface area contributed by atoms with Crippen LogP contribution >= 0.6 is 23.2 Å². The van der Waals surface area contributed by atoms with Gasteiger partial charge in [-0.2, -0.15) is 10.2 Å². The first kappa shape index (κ1) is 18.9. The molecule has 0 spiro atoms. The highest BCUT2D eigenvalue weighted by Gasteiger charge is 2.14. The van der Waals surface area contributed by atoms with Crippen molar-refractivity contribution < 1.29 is 14.7 Å². The lowest BCUT2D eigenvalue weighted by molar-refractivity contribution is -0.137. The molecular weight excluding hydrogens is 393 g/mol. The normalized spacial score (nSPS) is 10.8. The summed E-state index contributed by atoms with van der Waals surface area (Å²) in [6.45, 7) is 2.01. The van der Waals surface area contributed by atoms with Gasteiger partial charge in [-0.05, 0) is 30.7 Å². The molecule has 0 saturated carbocycles. The van der Waals surface area contributed by atoms with Crippen LogP contribution in [0.3, 0.4) is 0 Å². The van der Waals surface area contributed by atoms with Crippen molar-refractivity contribution in [3.05, 3.63) is 63.5 Å². The summed E-state index contributed by atoms with van der Waals surface area (Å²) in [6.07, 6.45) is 1.43. The monoisotopic (exact) mass is 407 g/mol. The third-order valence-electron chi connectivity index (χ3n) is 3.71. The van der Waals surface area contributed by atoms with Crippen LogP contribution in [0.15, 0.2) is 36.5 Å². The number of carbonyl (C=O) groups is 2. The summed E-state index contributed by atoms with van der Waals surface area (Å²) in [5.41, 5.74) is 1.86. The van der Waals surface area contributed by atoms with E-state index in [4.69, 9.17) is 28.3 Å². The van der Waals surface area contributed by atoms with Gasteiger partial charge in [-0.15, -0.1) is 0 Å². The maximum Gasteiger partial charge on any atom is 0.325 e. The molecule has 0 atom stereocenters. The van der Waals surface area contributed by atoms with Crippen molar-refractivity contribution in [3.8, 4) is 0 Å². The summed E-state index contributed by atoms with van der Waals surface area (Å²) in [7, 11) is 0. The fourth-order valence-electron chi connectivity index (χ4n) is 2.43. The molecule has 2 heterocycles. The number of aromatic nitrogens is 4. The van der Waals surface area contributed by atoms with Gasteiger partial charge in [0.25, 0.3) is 5.91 Å². The van der Waals surface area contributed by atoms with Crippen LogP contribution in [0.1, 0.15) is 21.7 Å². The van der Waals surface area contributed by atoms with Crippen LogP contribution in [0.4, 0.5) is 5.82 Å². The smallest absolute Gasteiger partial charge is 0.325 e. The highest BCUT2D eigenvalue weighted by atomic mass is 35.5. The van der Waals surface area contributed by atoms with E-state index in [0.717, 1.165) is 11.3 Å². The number of carboxylic acids is 1. The molecule has 0 radical (unpaired) electrons. The first-order valence-corrected chi connectivity index (χ1v) is 8.62. The van der Waals surface area contributed by atoms with Crippen molar-refractivity contribution in [2.75, 3.05) is 5.32 Å². The summed E-state index contributed by atoms with van der Waals surface area (Å²) in [4.78, 5) is 22.9. The topological polar surface area (TPSA) is 102 Å². The van der Waals surface area contributed by atoms with Gasteiger partial charge in [0.1, 0.15) is 6.54 Å². The van der Waals surface area contributed by atoms with E-state index in [1.54, 1.807) is 22.9 Å². The van der Waals surface area contributed by atoms with Gasteiger partial charge in [0.15, 0.2) is 11.5 Å². The molecule has 0 bridgehead atoms. The van der Waals surface area contributed by atoms with Crippen LogP contribution in [0.5, 0.6) is 0 Å². The second-order valence-corrected chi connectivity index (χ2v) is 6.64. The molecule has 0 fully saturated rings. The predicted molar refractivity (Wildman–Crippen MR) is 100 cm³/mol. The molecule has 140 valence electrons. The van der Waals surface area contributed by atoms with Gasteiger partial charge in [0.05, 0.1) is 16.6 Å². The zero-order chi connectivity index (χ0) is 19.6. The summed E-state index contributed by atoms with van der Waals surface area (Å²) in [5.74, 6) is -1.15. The predicted octanol–water partition coefficient (Wildman–Crippen LogP) is 3.08. The zero-order valence-electron chi connectivity index (χ0n) is 14.2. The Balaban J connectivity index is 1.70. The number of amides is 1. The minimum atomic E-state index is -1.04. The van der Waals surface area contributed by atoms with Crippen LogP contribution in [0, 0.1) is 6.92 Å². The van der Waals surface area contributed by atoms with Crippen molar-refractivity contribution in [1.29, 1.82) is 0 Å². The quantitative estimate of drug-likeness (QED) is 0.653. The Morgan fingerprint density at radius 2 is 1.93 bits per heavy atom. The molecule has 2 N–H and O–H groups in total. The average Bonchev–Trinajstić information content (AvgIpc) is 3.17. The Bertz CT molecular complexity index is 1010. The first-order valence-electron chi connectivity index (χ1n) is 7.87. The lowest BCUT2D eigenvalue weighted by atomic mass is 10.2. The molecule has 0 aliphatic heterocycles. The van der Waals surface area contributed by atoms with E-state index >= 15 is 0 Å². The molecule has 27 heavy (non-hydrogen) atoms. The minimum Gasteiger partial charge on any atom is -0.480 e. The molecule has 1 amide bonds. The van der Waals surface area contributed by atoms with Crippen molar-refractivity contribution in [1.82, 2.24) is 19.6 Å². The van der Waals surface area contributed by atoms with Gasteiger partial charge in [0.2, 0.25) is 0 Å². The highest BCUT2D eigenvalue weighted by molar-refractivity contribution is 6.42. The minimum absolute atomic E-state index is 0.105. The zero-order valence-corrected chi connectivity index (χ0v) is 15.7. The van der Waals surface area contributed by atoms with Crippen LogP contribution in [0.2, 0.25) is 10.0 Å². The number of rotatable bonds is 6. The number of nitrogens with zero attached hydrogens (tertiary/aromatic N) is 4. The fourth-order valence-corrected chi connectivity index (χ4v) is 2.75. The van der Waals surface area contributed by atoms with Gasteiger partial charge in [-0.1, -0.05) is 29.3 Å². The second-order valence-electron chi connectivity index (χ2n) is 5.82. The Hall–Kier alpha value is -2.84. The lowest BCUT2D eigenvalue weighted by Crippen LogP contribution is -2.15. The lowest BCUT2D eigenvalue weighted by Gasteiger charge is -2.06. The van der Waals surface area contributed by atoms with Gasteiger partial charge < -0.3 is 10.4 Å². The maximum atomic E-state index is 12.3. The van der Waals surface area contributed by atoms with Crippen molar-refractivity contribution >= 4 is 40.9 Å². The standard InChI is InChI=1S/C17H15Cl2N5O3/c1-10-6-15(20-17(27)14-4-5-23(21-14)9-16(25)26)22-24(10)8-11-2-3-12(18)13(19)7-11/h2-7H,8-9H2,1H3,(H,25,26)(H,20,22,27). The van der Waals surface area contributed by atoms with Crippen LogP contribution in [0.25, 0.3) is 0 Å². The van der Waals surface area contributed by atoms with E-state index in [0.29, 0.717) is 22.4 Å². The summed E-state index contributed by atoms with van der Waals surface area (Å²) in [6, 6.07) is 8.50. The van der Waals surface area contributed by atoms with E-state index in [1.165, 1.54) is 16.9 Å². The van der Waals surface area contributed by atoms with Gasteiger partial charge in [0, 0.05) is 18.0 Å². The summed E-state index contributed by atoms with van der Waals surface area (Å²) >= 11 is 12.0. The second kappa shape index (κ2) is 7.81. The van der Waals surface area contributed by atoms with E-state index in [9.17, 15) is 9.59 Å². The fraction of sp³-hybridized carbons (Fsp3) is 0.176. The molecule has 0 aliphatic rings. The summed E-state index contributed by atoms with van der Waals surface area (Å²) < 4.78 is 2.89. The number of halogens is 2. The number of aryl methyl sites for hydroxylation is 1. The third kappa shape index (κ3) is 4.66. The SMILES string of the molecule is Cc1cc(NC(=O)c2ccn(CC(=O)O)n2)nn1Cc1ccc(Cl)c(Cl)c1. The Morgan fingerprint density at radius 3 is 2.63 bits per heavy atom. The van der Waals surface area contributed by atoms with Crippen LogP contribution in [-0.4, -0.2) is 36.5 Å². The van der Waals surface area contributed by atoms with Crippen LogP contribution < -0.4 is 5.32 Å². The number of hydrogen-bond donors (Lipinski definition) is 2. The van der Waals surface area contributed by atoms with E-state index in [-0.39, 0.29) is 12.2 Å². The van der Waals surface area contributed by atoms with Gasteiger partial charge >= 0.3 is 5.97 Å². The van der Waals surface area contributed by atoms with Crippen molar-refractivity contribution in [2.24, 2.45) is 0 Å². The Labute approximate surface area is 164 Å². The van der Waals surface area contributed by atoms with E-state index < -0.39 is 11.9 Å². The molecule has 2 aromatic heterocycles. The number of carboxylic acid groups (broad SMARTS) is 1. The van der Waals surface area contributed by atoms with E-state index in [2.05, 4.69) is 15.5 Å². The molecule has 3 rings (SSSR count). The van der Waals surface area contributed by atoms with E-state index in [1.807, 2.05) is 13.0 Å². The van der Waals surface area contributed by atoms with Crippen molar-refractivity contribution in [2.45, 2.75) is 20.0 Å². The van der Waals surface area contributed by atoms with Gasteiger partial charge in [-0.3, -0.25) is 19.0 Å². The number of benzene rings is 1. The third-order valence-corrected chi connectivity index (χ3v) is 4.45. The molecule has 0 unspecified atom stereocenters. The maximum absolute atomic E-state index is 12.3. The summed E-state index contributed by atoms with van der Waals surface area (Å²) in [5, 5.41) is 20.6. The van der Waals surface area contributed by atoms with Gasteiger partial charge in [-0.25, -0.2) is 0 Å². The molecule has 0 aliphatic carbocycles. The molecular formula is C17H15Cl2N5O3. The molecule has 0 saturated heterocycles. The molecule has 3 aromatic rings. The number of carbonyl (C=O) groups excluding carboxylic acids is 1. The van der Waals surface area contributed by atoms with Crippen molar-refractivity contribution in [3.63, 3.8) is 0 Å². The number of hydrogen-bond acceptors (Lipinski definition) is 4. The highest BCUT2D eigenvalue weighted by Crippen LogP contribution is 2.23. The average molecular weight is 408 g/mol. The Morgan fingerprint density at radius 1 is 1.15 bits per heavy atom. The first-order chi connectivity index (χ1) is 12.8. The largest absolute Gasteiger partial charge is 0.480 e. The van der Waals surface area contributed by atoms with Crippen LogP contribution in [-0.2, 0) is 17.9 Å². The number of aliphatic carboxylic acids is 1. The molecule has 8 nitrogen and oxygen atoms in total.